The number of nitrogens with two attached hydrogens (primary N) is 1. The van der Waals surface area contributed by atoms with E-state index in [1.807, 2.05) is 43.3 Å². The van der Waals surface area contributed by atoms with Crippen LogP contribution in [0.15, 0.2) is 55.0 Å². The molecule has 3 aromatic rings. The minimum absolute atomic E-state index is 0.0869. The quantitative estimate of drug-likeness (QED) is 0.552. The largest absolute Gasteiger partial charge is 0.477 e. The first-order valence-electron chi connectivity index (χ1n) is 9.16. The van der Waals surface area contributed by atoms with E-state index in [4.69, 9.17) is 10.5 Å². The van der Waals surface area contributed by atoms with Gasteiger partial charge in [0.2, 0.25) is 5.88 Å². The number of ether oxygens (including phenoxy) is 1. The maximum absolute atomic E-state index is 12.5. The van der Waals surface area contributed by atoms with Crippen LogP contribution in [0, 0.1) is 0 Å². The summed E-state index contributed by atoms with van der Waals surface area (Å²) in [4.78, 5) is 24.8. The molecule has 0 unspecified atom stereocenters. The summed E-state index contributed by atoms with van der Waals surface area (Å²) in [6, 6.07) is 11.5. The molecular formula is C21H23N5O2. The molecule has 0 aliphatic heterocycles. The zero-order chi connectivity index (χ0) is 19.8. The summed E-state index contributed by atoms with van der Waals surface area (Å²) in [5.74, 6) is 0.802. The van der Waals surface area contributed by atoms with Crippen molar-refractivity contribution in [2.75, 3.05) is 17.7 Å². The van der Waals surface area contributed by atoms with Crippen molar-refractivity contribution in [1.29, 1.82) is 0 Å². The number of anilines is 2. The molecule has 0 atom stereocenters. The van der Waals surface area contributed by atoms with Crippen molar-refractivity contribution in [1.82, 2.24) is 15.0 Å². The number of aromatic nitrogens is 3. The van der Waals surface area contributed by atoms with Crippen LogP contribution in [0.4, 0.5) is 11.5 Å². The lowest BCUT2D eigenvalue weighted by Gasteiger charge is -2.09. The number of carbonyl (C=O) groups excluding carboxylic acids is 1. The summed E-state index contributed by atoms with van der Waals surface area (Å²) in [5.41, 5.74) is 8.91. The SMILES string of the molecule is CCCOc1cnc(C(=O)Cc2cccc(CNc3cccnc3N)c2)cn1. The number of nitrogen functional groups attached to an aromatic ring is 1. The van der Waals surface area contributed by atoms with Gasteiger partial charge in [-0.3, -0.25) is 4.79 Å². The molecule has 2 aromatic heterocycles. The van der Waals surface area contributed by atoms with Crippen LogP contribution in [0.25, 0.3) is 0 Å². The van der Waals surface area contributed by atoms with Crippen LogP contribution >= 0.6 is 0 Å². The van der Waals surface area contributed by atoms with Crippen LogP contribution in [-0.2, 0) is 13.0 Å². The van der Waals surface area contributed by atoms with Crippen LogP contribution in [0.2, 0.25) is 0 Å². The van der Waals surface area contributed by atoms with Gasteiger partial charge in [-0.2, -0.15) is 0 Å². The lowest BCUT2D eigenvalue weighted by molar-refractivity contribution is 0.0987. The standard InChI is InChI=1S/C21H23N5O2/c1-2-9-28-20-14-25-18(13-26-20)19(27)11-15-5-3-6-16(10-15)12-24-17-7-4-8-23-21(17)22/h3-8,10,13-14,24H,2,9,11-12H2,1H3,(H2,22,23). The molecule has 1 aromatic carbocycles. The van der Waals surface area contributed by atoms with Crippen LogP contribution in [0.1, 0.15) is 35.0 Å². The summed E-state index contributed by atoms with van der Waals surface area (Å²) in [7, 11) is 0. The second kappa shape index (κ2) is 9.45. The second-order valence-corrected chi connectivity index (χ2v) is 6.30. The molecule has 2 heterocycles. The summed E-state index contributed by atoms with van der Waals surface area (Å²) >= 11 is 0. The maximum Gasteiger partial charge on any atom is 0.232 e. The van der Waals surface area contributed by atoms with Crippen molar-refractivity contribution in [3.8, 4) is 5.88 Å². The molecule has 7 nitrogen and oxygen atoms in total. The highest BCUT2D eigenvalue weighted by Crippen LogP contribution is 2.16. The molecule has 3 rings (SSSR count). The molecular weight excluding hydrogens is 354 g/mol. The molecule has 0 bridgehead atoms. The molecule has 0 saturated carbocycles. The van der Waals surface area contributed by atoms with Gasteiger partial charge in [0.25, 0.3) is 0 Å². The Kier molecular flexibility index (Phi) is 6.51. The Morgan fingerprint density at radius 3 is 2.71 bits per heavy atom. The highest BCUT2D eigenvalue weighted by molar-refractivity contribution is 5.95. The van der Waals surface area contributed by atoms with Crippen molar-refractivity contribution < 1.29 is 9.53 Å². The van der Waals surface area contributed by atoms with Gasteiger partial charge in [-0.05, 0) is 29.7 Å². The summed E-state index contributed by atoms with van der Waals surface area (Å²) in [5, 5.41) is 3.26. The molecule has 0 spiro atoms. The van der Waals surface area contributed by atoms with Crippen molar-refractivity contribution in [3.05, 3.63) is 71.8 Å². The highest BCUT2D eigenvalue weighted by atomic mass is 16.5. The predicted octanol–water partition coefficient (Wildman–Crippen LogP) is 3.28. The summed E-state index contributed by atoms with van der Waals surface area (Å²) in [6.45, 7) is 3.18. The van der Waals surface area contributed by atoms with Gasteiger partial charge in [-0.1, -0.05) is 31.2 Å². The van der Waals surface area contributed by atoms with E-state index in [2.05, 4.69) is 20.3 Å². The minimum Gasteiger partial charge on any atom is -0.477 e. The number of nitrogens with one attached hydrogen (secondary N) is 1. The van der Waals surface area contributed by atoms with E-state index in [0.29, 0.717) is 30.5 Å². The van der Waals surface area contributed by atoms with Crippen LogP contribution < -0.4 is 15.8 Å². The first-order chi connectivity index (χ1) is 13.7. The number of rotatable bonds is 9. The molecule has 0 amide bonds. The van der Waals surface area contributed by atoms with Crippen molar-refractivity contribution in [3.63, 3.8) is 0 Å². The van der Waals surface area contributed by atoms with E-state index in [-0.39, 0.29) is 12.2 Å². The number of nitrogens with zero attached hydrogens (tertiary/aromatic N) is 3. The smallest absolute Gasteiger partial charge is 0.232 e. The second-order valence-electron chi connectivity index (χ2n) is 6.30. The molecule has 0 aliphatic rings. The number of hydrogen-bond acceptors (Lipinski definition) is 7. The third kappa shape index (κ3) is 5.26. The molecule has 0 fully saturated rings. The van der Waals surface area contributed by atoms with Gasteiger partial charge < -0.3 is 15.8 Å². The molecule has 28 heavy (non-hydrogen) atoms. The third-order valence-electron chi connectivity index (χ3n) is 4.05. The van der Waals surface area contributed by atoms with Crippen molar-refractivity contribution in [2.45, 2.75) is 26.3 Å². The Morgan fingerprint density at radius 2 is 1.96 bits per heavy atom. The number of hydrogen-bond donors (Lipinski definition) is 2. The van der Waals surface area contributed by atoms with Gasteiger partial charge in [0.05, 0.1) is 24.7 Å². The average molecular weight is 377 g/mol. The molecule has 7 heteroatoms. The fourth-order valence-electron chi connectivity index (χ4n) is 2.63. The van der Waals surface area contributed by atoms with Gasteiger partial charge in [-0.25, -0.2) is 15.0 Å². The molecule has 144 valence electrons. The van der Waals surface area contributed by atoms with E-state index in [9.17, 15) is 4.79 Å². The first kappa shape index (κ1) is 19.3. The van der Waals surface area contributed by atoms with E-state index < -0.39 is 0 Å². The monoisotopic (exact) mass is 377 g/mol. The Morgan fingerprint density at radius 1 is 1.11 bits per heavy atom. The zero-order valence-electron chi connectivity index (χ0n) is 15.8. The predicted molar refractivity (Wildman–Crippen MR) is 108 cm³/mol. The van der Waals surface area contributed by atoms with Crippen LogP contribution in [-0.4, -0.2) is 27.3 Å². The number of Topliss-reactive ketones (excluding diaryl/α,β-unsaturated/α-hetero) is 1. The lowest BCUT2D eigenvalue weighted by atomic mass is 10.0. The Balaban J connectivity index is 1.60. The maximum atomic E-state index is 12.5. The number of pyridine rings is 1. The number of ketones is 1. The Labute approximate surface area is 164 Å². The molecule has 3 N–H and O–H groups in total. The van der Waals surface area contributed by atoms with Gasteiger partial charge in [0.15, 0.2) is 5.78 Å². The van der Waals surface area contributed by atoms with E-state index in [1.165, 1.54) is 12.4 Å². The van der Waals surface area contributed by atoms with Gasteiger partial charge in [-0.15, -0.1) is 0 Å². The van der Waals surface area contributed by atoms with Crippen molar-refractivity contribution in [2.24, 2.45) is 0 Å². The normalized spacial score (nSPS) is 10.5. The summed E-state index contributed by atoms with van der Waals surface area (Å²) in [6.07, 6.45) is 5.75. The van der Waals surface area contributed by atoms with E-state index in [1.54, 1.807) is 6.20 Å². The number of carbonyl (C=O) groups is 1. The average Bonchev–Trinajstić information content (AvgIpc) is 2.72. The van der Waals surface area contributed by atoms with Crippen molar-refractivity contribution >= 4 is 17.3 Å². The van der Waals surface area contributed by atoms with Gasteiger partial charge in [0, 0.05) is 19.2 Å². The molecule has 0 aliphatic carbocycles. The molecule has 0 radical (unpaired) electrons. The topological polar surface area (TPSA) is 103 Å². The fraction of sp³-hybridized carbons (Fsp3) is 0.238. The van der Waals surface area contributed by atoms with Gasteiger partial charge in [0.1, 0.15) is 11.5 Å². The van der Waals surface area contributed by atoms with E-state index >= 15 is 0 Å². The van der Waals surface area contributed by atoms with E-state index in [0.717, 1.165) is 23.2 Å². The first-order valence-corrected chi connectivity index (χ1v) is 9.16. The Bertz CT molecular complexity index is 928. The number of benzene rings is 1. The van der Waals surface area contributed by atoms with Crippen LogP contribution in [0.3, 0.4) is 0 Å². The Hall–Kier alpha value is -3.48. The third-order valence-corrected chi connectivity index (χ3v) is 4.05. The highest BCUT2D eigenvalue weighted by Gasteiger charge is 2.10. The molecule has 0 saturated heterocycles. The van der Waals surface area contributed by atoms with Gasteiger partial charge >= 0.3 is 0 Å². The minimum atomic E-state index is -0.0869. The zero-order valence-corrected chi connectivity index (χ0v) is 15.8. The lowest BCUT2D eigenvalue weighted by Crippen LogP contribution is -2.08. The fourth-order valence-corrected chi connectivity index (χ4v) is 2.63. The summed E-state index contributed by atoms with van der Waals surface area (Å²) < 4.78 is 5.39. The van der Waals surface area contributed by atoms with Crippen LogP contribution in [0.5, 0.6) is 5.88 Å².